The molecule has 3 nitrogen and oxygen atoms in total. The number of para-hydroxylation sites is 1. The Labute approximate surface area is 279 Å². The van der Waals surface area contributed by atoms with Crippen LogP contribution in [0.2, 0.25) is 0 Å². The zero-order valence-electron chi connectivity index (χ0n) is 26.6. The lowest BCUT2D eigenvalue weighted by molar-refractivity contribution is 0.672. The predicted molar refractivity (Wildman–Crippen MR) is 203 cm³/mol. The molecule has 0 bridgehead atoms. The smallest absolute Gasteiger partial charge is 0.160 e. The molecule has 8 rings (SSSR count). The summed E-state index contributed by atoms with van der Waals surface area (Å²) in [4.78, 5) is 10.4. The highest BCUT2D eigenvalue weighted by Crippen LogP contribution is 2.36. The number of fused-ring (bicyclic) bond motifs is 5. The molecule has 0 saturated heterocycles. The van der Waals surface area contributed by atoms with Crippen molar-refractivity contribution in [2.45, 2.75) is 6.92 Å². The Kier molecular flexibility index (Phi) is 7.56. The van der Waals surface area contributed by atoms with E-state index in [0.717, 1.165) is 77.4 Å². The van der Waals surface area contributed by atoms with Gasteiger partial charge in [-0.2, -0.15) is 0 Å². The lowest BCUT2D eigenvalue weighted by Gasteiger charge is -2.11. The number of rotatable bonds is 6. The van der Waals surface area contributed by atoms with E-state index in [4.69, 9.17) is 14.4 Å². The largest absolute Gasteiger partial charge is 0.455 e. The number of benzene rings is 7. The summed E-state index contributed by atoms with van der Waals surface area (Å²) in [6, 6.07) is 56.3. The van der Waals surface area contributed by atoms with Crippen LogP contribution in [0.5, 0.6) is 0 Å². The van der Waals surface area contributed by atoms with Gasteiger partial charge in [-0.25, -0.2) is 9.98 Å². The lowest BCUT2D eigenvalue weighted by atomic mass is 9.98. The van der Waals surface area contributed by atoms with E-state index in [-0.39, 0.29) is 0 Å². The van der Waals surface area contributed by atoms with Crippen LogP contribution in [0.1, 0.15) is 23.6 Å². The number of aliphatic imine (C=N–C) groups is 2. The van der Waals surface area contributed by atoms with Gasteiger partial charge in [-0.3, -0.25) is 0 Å². The lowest BCUT2D eigenvalue weighted by Crippen LogP contribution is -2.05. The van der Waals surface area contributed by atoms with E-state index in [1.807, 2.05) is 31.2 Å². The fraction of sp³-hybridized carbons (Fsp3) is 0.0222. The van der Waals surface area contributed by atoms with E-state index < -0.39 is 0 Å². The molecule has 0 aliphatic heterocycles. The molecule has 1 heterocycles. The minimum absolute atomic E-state index is 0.592. The van der Waals surface area contributed by atoms with Gasteiger partial charge < -0.3 is 4.42 Å². The summed E-state index contributed by atoms with van der Waals surface area (Å²) < 4.78 is 6.48. The topological polar surface area (TPSA) is 37.9 Å². The number of amidine groups is 1. The van der Waals surface area contributed by atoms with Gasteiger partial charge in [0.1, 0.15) is 11.2 Å². The van der Waals surface area contributed by atoms with E-state index >= 15 is 0 Å². The van der Waals surface area contributed by atoms with Crippen LogP contribution in [-0.4, -0.2) is 11.5 Å². The molecule has 0 saturated carbocycles. The van der Waals surface area contributed by atoms with E-state index in [9.17, 15) is 0 Å². The van der Waals surface area contributed by atoms with Crippen LogP contribution >= 0.6 is 0 Å². The second-order valence-corrected chi connectivity index (χ2v) is 11.9. The minimum atomic E-state index is 0.592. The van der Waals surface area contributed by atoms with Crippen molar-refractivity contribution in [3.8, 4) is 22.3 Å². The predicted octanol–water partition coefficient (Wildman–Crippen LogP) is 12.0. The molecule has 1 aromatic heterocycles. The first kappa shape index (κ1) is 29.1. The summed E-state index contributed by atoms with van der Waals surface area (Å²) in [6.45, 7) is 6.48. The Bertz CT molecular complexity index is 2520. The van der Waals surface area contributed by atoms with Crippen molar-refractivity contribution in [3.63, 3.8) is 0 Å². The van der Waals surface area contributed by atoms with Crippen molar-refractivity contribution in [1.82, 2.24) is 0 Å². The zero-order valence-corrected chi connectivity index (χ0v) is 26.6. The third-order valence-corrected chi connectivity index (χ3v) is 8.82. The second kappa shape index (κ2) is 12.5. The maximum atomic E-state index is 6.48. The molecule has 0 amide bonds. The summed E-state index contributed by atoms with van der Waals surface area (Å²) >= 11 is 0. The van der Waals surface area contributed by atoms with Gasteiger partial charge in [0, 0.05) is 38.6 Å². The molecule has 0 spiro atoms. The molecule has 0 N–H and O–H groups in total. The molecule has 7 aromatic carbocycles. The van der Waals surface area contributed by atoms with Crippen LogP contribution < -0.4 is 0 Å². The van der Waals surface area contributed by atoms with Gasteiger partial charge in [0.05, 0.1) is 5.70 Å². The van der Waals surface area contributed by atoms with Crippen LogP contribution in [0.25, 0.3) is 60.7 Å². The maximum Gasteiger partial charge on any atom is 0.160 e. The molecule has 0 radical (unpaired) electrons. The molecule has 8 aromatic rings. The normalized spacial score (nSPS) is 12.2. The third kappa shape index (κ3) is 5.52. The van der Waals surface area contributed by atoms with Crippen LogP contribution in [-0.2, 0) is 0 Å². The Morgan fingerprint density at radius 2 is 1.12 bits per heavy atom. The van der Waals surface area contributed by atoms with Gasteiger partial charge in [-0.05, 0) is 58.8 Å². The van der Waals surface area contributed by atoms with Crippen LogP contribution in [0.4, 0.5) is 0 Å². The molecule has 0 aliphatic carbocycles. The molecule has 0 fully saturated rings. The molecule has 228 valence electrons. The first-order valence-electron chi connectivity index (χ1n) is 16.1. The van der Waals surface area contributed by atoms with Crippen molar-refractivity contribution in [3.05, 3.63) is 187 Å². The molecule has 0 aliphatic rings. The fourth-order valence-electron chi connectivity index (χ4n) is 6.40. The fourth-order valence-corrected chi connectivity index (χ4v) is 6.40. The Morgan fingerprint density at radius 1 is 0.521 bits per heavy atom. The summed E-state index contributed by atoms with van der Waals surface area (Å²) in [5, 5.41) is 4.34. The van der Waals surface area contributed by atoms with Crippen molar-refractivity contribution in [1.29, 1.82) is 0 Å². The summed E-state index contributed by atoms with van der Waals surface area (Å²) in [6.07, 6.45) is 0. The quantitative estimate of drug-likeness (QED) is 0.135. The van der Waals surface area contributed by atoms with Crippen LogP contribution in [0.3, 0.4) is 0 Å². The number of nitrogens with zero attached hydrogens (tertiary/aromatic N) is 2. The van der Waals surface area contributed by atoms with Crippen molar-refractivity contribution < 1.29 is 4.42 Å². The van der Waals surface area contributed by atoms with E-state index in [0.29, 0.717) is 11.5 Å². The molecule has 3 heteroatoms. The van der Waals surface area contributed by atoms with Gasteiger partial charge in [0.15, 0.2) is 5.84 Å². The van der Waals surface area contributed by atoms with E-state index in [1.54, 1.807) is 0 Å². The van der Waals surface area contributed by atoms with Crippen LogP contribution in [0, 0.1) is 0 Å². The number of hydrogen-bond donors (Lipinski definition) is 0. The first-order chi connectivity index (χ1) is 23.6. The average Bonchev–Trinajstić information content (AvgIpc) is 3.54. The van der Waals surface area contributed by atoms with E-state index in [1.165, 1.54) is 0 Å². The van der Waals surface area contributed by atoms with Crippen molar-refractivity contribution >= 4 is 50.0 Å². The Balaban J connectivity index is 1.28. The second-order valence-electron chi connectivity index (χ2n) is 11.9. The summed E-state index contributed by atoms with van der Waals surface area (Å²) in [5.41, 5.74) is 10.6. The highest BCUT2D eigenvalue weighted by atomic mass is 16.3. The SMILES string of the molecule is C=C(N=C(N=C(C)c1cccc2ccc3c4ccccc4oc3c12)c1cccc(-c2ccccc2)c1)c1cccc(-c2ccccc2)c1. The molecular weight excluding hydrogens is 585 g/mol. The van der Waals surface area contributed by atoms with Gasteiger partial charge in [0.25, 0.3) is 0 Å². The van der Waals surface area contributed by atoms with Gasteiger partial charge >= 0.3 is 0 Å². The molecule has 0 unspecified atom stereocenters. The van der Waals surface area contributed by atoms with Crippen molar-refractivity contribution in [2.75, 3.05) is 0 Å². The standard InChI is InChI=1S/C45H32N2O/c1-30(35-19-11-20-36(28-35)32-14-5-3-6-15-32)46-45(38-22-12-21-37(29-38)33-16-7-4-8-17-33)47-31(2)39-24-13-18-34-26-27-41-40-23-9-10-25-42(40)48-44(41)43(34)39/h3-29H,1H2,2H3. The first-order valence-corrected chi connectivity index (χ1v) is 16.1. The highest BCUT2D eigenvalue weighted by Gasteiger charge is 2.16. The van der Waals surface area contributed by atoms with Crippen molar-refractivity contribution in [2.24, 2.45) is 9.98 Å². The molecule has 48 heavy (non-hydrogen) atoms. The third-order valence-electron chi connectivity index (χ3n) is 8.82. The minimum Gasteiger partial charge on any atom is -0.455 e. The number of hydrogen-bond acceptors (Lipinski definition) is 2. The highest BCUT2D eigenvalue weighted by molar-refractivity contribution is 6.23. The average molecular weight is 617 g/mol. The van der Waals surface area contributed by atoms with Gasteiger partial charge in [0.2, 0.25) is 0 Å². The van der Waals surface area contributed by atoms with Crippen LogP contribution in [0.15, 0.2) is 185 Å². The monoisotopic (exact) mass is 616 g/mol. The van der Waals surface area contributed by atoms with E-state index in [2.05, 4.69) is 146 Å². The Morgan fingerprint density at radius 3 is 1.85 bits per heavy atom. The number of furan rings is 1. The Hall–Kier alpha value is -6.32. The van der Waals surface area contributed by atoms with Gasteiger partial charge in [-0.15, -0.1) is 0 Å². The molecule has 0 atom stereocenters. The summed E-state index contributed by atoms with van der Waals surface area (Å²) in [7, 11) is 0. The zero-order chi connectivity index (χ0) is 32.5. The maximum absolute atomic E-state index is 6.48. The summed E-state index contributed by atoms with van der Waals surface area (Å²) in [5.74, 6) is 0.592. The molecular formula is C45H32N2O. The van der Waals surface area contributed by atoms with Gasteiger partial charge in [-0.1, -0.05) is 146 Å².